The molecule has 1 aromatic rings. The Kier molecular flexibility index (Phi) is 7.11. The van der Waals surface area contributed by atoms with Gasteiger partial charge in [-0.3, -0.25) is 14.5 Å². The summed E-state index contributed by atoms with van der Waals surface area (Å²) >= 11 is 0. The minimum Gasteiger partial charge on any atom is -0.340 e. The number of hydrogen-bond donors (Lipinski definition) is 0. The monoisotopic (exact) mass is 420 g/mol. The predicted molar refractivity (Wildman–Crippen MR) is 114 cm³/mol. The first-order valence-corrected chi connectivity index (χ1v) is 12.4. The first-order valence-electron chi connectivity index (χ1n) is 10.6. The van der Waals surface area contributed by atoms with Crippen molar-refractivity contribution in [2.75, 3.05) is 37.7 Å². The van der Waals surface area contributed by atoms with Gasteiger partial charge < -0.3 is 4.90 Å². The number of amides is 1. The van der Waals surface area contributed by atoms with Gasteiger partial charge in [-0.05, 0) is 24.3 Å². The van der Waals surface area contributed by atoms with Crippen LogP contribution in [-0.4, -0.2) is 73.6 Å². The Morgan fingerprint density at radius 1 is 1.03 bits per heavy atom. The summed E-state index contributed by atoms with van der Waals surface area (Å²) in [5.74, 6) is 1.11. The zero-order valence-corrected chi connectivity index (χ0v) is 18.3. The van der Waals surface area contributed by atoms with Crippen LogP contribution in [0.25, 0.3) is 0 Å². The topological polar surface area (TPSA) is 74.8 Å². The maximum absolute atomic E-state index is 12.5. The number of nitrogens with zero attached hydrogens (tertiary/aromatic N) is 2. The van der Waals surface area contributed by atoms with Crippen molar-refractivity contribution in [2.45, 2.75) is 45.6 Å². The molecule has 3 rings (SSSR count). The van der Waals surface area contributed by atoms with Crippen LogP contribution in [0, 0.1) is 5.92 Å². The second-order valence-electron chi connectivity index (χ2n) is 8.69. The summed E-state index contributed by atoms with van der Waals surface area (Å²) in [4.78, 5) is 28.9. The van der Waals surface area contributed by atoms with Crippen molar-refractivity contribution < 1.29 is 18.0 Å². The Hall–Kier alpha value is -1.73. The van der Waals surface area contributed by atoms with Gasteiger partial charge in [-0.2, -0.15) is 0 Å². The lowest BCUT2D eigenvalue weighted by molar-refractivity contribution is -0.133. The molecule has 0 aliphatic carbocycles. The molecule has 7 heteroatoms. The van der Waals surface area contributed by atoms with Gasteiger partial charge in [0.25, 0.3) is 0 Å². The molecule has 1 atom stereocenters. The van der Waals surface area contributed by atoms with Crippen molar-refractivity contribution in [1.29, 1.82) is 0 Å². The van der Waals surface area contributed by atoms with Crippen molar-refractivity contribution in [1.82, 2.24) is 9.80 Å². The van der Waals surface area contributed by atoms with Gasteiger partial charge in [-0.15, -0.1) is 0 Å². The number of ketones is 1. The molecule has 1 unspecified atom stereocenters. The van der Waals surface area contributed by atoms with Gasteiger partial charge in [0, 0.05) is 50.6 Å². The van der Waals surface area contributed by atoms with E-state index in [1.54, 1.807) is 4.90 Å². The highest BCUT2D eigenvalue weighted by Gasteiger charge is 2.34. The summed E-state index contributed by atoms with van der Waals surface area (Å²) in [5, 5.41) is 0. The fraction of sp³-hybridized carbons (Fsp3) is 0.636. The number of carbonyl (C=O) groups is 2. The van der Waals surface area contributed by atoms with Gasteiger partial charge in [-0.25, -0.2) is 8.42 Å². The normalized spacial score (nSPS) is 22.2. The lowest BCUT2D eigenvalue weighted by atomic mass is 9.99. The molecule has 2 heterocycles. The zero-order valence-electron chi connectivity index (χ0n) is 17.5. The molecule has 29 heavy (non-hydrogen) atoms. The van der Waals surface area contributed by atoms with Crippen molar-refractivity contribution in [2.24, 2.45) is 5.92 Å². The van der Waals surface area contributed by atoms with Crippen LogP contribution >= 0.6 is 0 Å². The molecule has 2 aliphatic heterocycles. The molecule has 1 amide bonds. The van der Waals surface area contributed by atoms with E-state index in [2.05, 4.69) is 18.7 Å². The van der Waals surface area contributed by atoms with E-state index < -0.39 is 9.84 Å². The maximum atomic E-state index is 12.5. The molecule has 1 aromatic carbocycles. The van der Waals surface area contributed by atoms with E-state index >= 15 is 0 Å². The van der Waals surface area contributed by atoms with E-state index in [9.17, 15) is 18.0 Å². The van der Waals surface area contributed by atoms with Crippen molar-refractivity contribution in [3.05, 3.63) is 35.4 Å². The first kappa shape index (κ1) is 22.0. The summed E-state index contributed by atoms with van der Waals surface area (Å²) in [6.45, 7) is 6.95. The van der Waals surface area contributed by atoms with Gasteiger partial charge in [0.15, 0.2) is 15.6 Å². The SMILES string of the molecule is CC(C)Cc1ccc(C(=O)CCC(=O)N2CCN(C3CCS(=O)(=O)C3)CC2)cc1. The third kappa shape index (κ3) is 6.12. The molecule has 0 spiro atoms. The van der Waals surface area contributed by atoms with Gasteiger partial charge in [-0.1, -0.05) is 38.1 Å². The molecule has 0 radical (unpaired) electrons. The van der Waals surface area contributed by atoms with E-state index in [-0.39, 0.29) is 42.1 Å². The van der Waals surface area contributed by atoms with E-state index in [0.29, 0.717) is 44.1 Å². The molecule has 2 fully saturated rings. The van der Waals surface area contributed by atoms with Gasteiger partial charge >= 0.3 is 0 Å². The lowest BCUT2D eigenvalue weighted by Crippen LogP contribution is -2.52. The van der Waals surface area contributed by atoms with Crippen LogP contribution in [0.3, 0.4) is 0 Å². The number of hydrogen-bond acceptors (Lipinski definition) is 5. The van der Waals surface area contributed by atoms with Crippen LogP contribution in [0.1, 0.15) is 49.0 Å². The van der Waals surface area contributed by atoms with Crippen molar-refractivity contribution >= 4 is 21.5 Å². The van der Waals surface area contributed by atoms with Crippen molar-refractivity contribution in [3.63, 3.8) is 0 Å². The summed E-state index contributed by atoms with van der Waals surface area (Å²) in [6.07, 6.45) is 2.14. The van der Waals surface area contributed by atoms with Crippen LogP contribution in [0.5, 0.6) is 0 Å². The van der Waals surface area contributed by atoms with Crippen LogP contribution in [0.2, 0.25) is 0 Å². The largest absolute Gasteiger partial charge is 0.340 e. The highest BCUT2D eigenvalue weighted by Crippen LogP contribution is 2.20. The summed E-state index contributed by atoms with van der Waals surface area (Å²) in [6, 6.07) is 7.81. The Morgan fingerprint density at radius 3 is 2.24 bits per heavy atom. The van der Waals surface area contributed by atoms with Gasteiger partial charge in [0.05, 0.1) is 11.5 Å². The Morgan fingerprint density at radius 2 is 1.69 bits per heavy atom. The summed E-state index contributed by atoms with van der Waals surface area (Å²) < 4.78 is 23.3. The molecule has 0 aromatic heterocycles. The zero-order chi connectivity index (χ0) is 21.0. The number of carbonyl (C=O) groups excluding carboxylic acids is 2. The molecule has 160 valence electrons. The highest BCUT2D eigenvalue weighted by molar-refractivity contribution is 7.91. The average Bonchev–Trinajstić information content (AvgIpc) is 3.06. The molecule has 6 nitrogen and oxygen atoms in total. The van der Waals surface area contributed by atoms with Gasteiger partial charge in [0.1, 0.15) is 0 Å². The summed E-state index contributed by atoms with van der Waals surface area (Å²) in [7, 11) is -2.89. The van der Waals surface area contributed by atoms with E-state index in [0.717, 1.165) is 6.42 Å². The van der Waals surface area contributed by atoms with Gasteiger partial charge in [0.2, 0.25) is 5.91 Å². The maximum Gasteiger partial charge on any atom is 0.223 e. The van der Waals surface area contributed by atoms with Crippen molar-refractivity contribution in [3.8, 4) is 0 Å². The number of sulfone groups is 1. The molecule has 0 saturated carbocycles. The average molecular weight is 421 g/mol. The Labute approximate surface area is 174 Å². The summed E-state index contributed by atoms with van der Waals surface area (Å²) in [5.41, 5.74) is 1.89. The fourth-order valence-corrected chi connectivity index (χ4v) is 5.98. The quantitative estimate of drug-likeness (QED) is 0.632. The van der Waals surface area contributed by atoms with Crippen LogP contribution in [0.4, 0.5) is 0 Å². The van der Waals surface area contributed by atoms with Crippen LogP contribution in [-0.2, 0) is 21.1 Å². The second-order valence-corrected chi connectivity index (χ2v) is 10.9. The molecule has 0 bridgehead atoms. The van der Waals surface area contributed by atoms with Crippen LogP contribution < -0.4 is 0 Å². The number of Topliss-reactive ketones (excluding diaryl/α,β-unsaturated/α-hetero) is 1. The molecule has 0 N–H and O–H groups in total. The third-order valence-electron chi connectivity index (χ3n) is 5.88. The lowest BCUT2D eigenvalue weighted by Gasteiger charge is -2.37. The molecular weight excluding hydrogens is 388 g/mol. The minimum absolute atomic E-state index is 0.00393. The Bertz CT molecular complexity index is 825. The number of piperazine rings is 1. The third-order valence-corrected chi connectivity index (χ3v) is 7.63. The van der Waals surface area contributed by atoms with E-state index in [4.69, 9.17) is 0 Å². The first-order chi connectivity index (χ1) is 13.7. The van der Waals surface area contributed by atoms with Crippen LogP contribution in [0.15, 0.2) is 24.3 Å². The Balaban J connectivity index is 1.42. The smallest absolute Gasteiger partial charge is 0.223 e. The predicted octanol–water partition coefficient (Wildman–Crippen LogP) is 2.18. The molecular formula is C22H32N2O4S. The second kappa shape index (κ2) is 9.39. The highest BCUT2D eigenvalue weighted by atomic mass is 32.2. The minimum atomic E-state index is -2.89. The molecule has 2 aliphatic rings. The van der Waals surface area contributed by atoms with E-state index in [1.165, 1.54) is 5.56 Å². The fourth-order valence-electron chi connectivity index (χ4n) is 4.22. The molecule has 2 saturated heterocycles. The number of rotatable bonds is 7. The number of benzene rings is 1. The standard InChI is InChI=1S/C22H32N2O4S/c1-17(2)15-18-3-5-19(6-4-18)21(25)7-8-22(26)24-12-10-23(11-13-24)20-9-14-29(27,28)16-20/h3-6,17,20H,7-16H2,1-2H3. The van der Waals surface area contributed by atoms with E-state index in [1.807, 2.05) is 24.3 Å².